The fraction of sp³-hybridized carbons (Fsp3) is 0.469. The normalized spacial score (nSPS) is 19.4. The van der Waals surface area contributed by atoms with Crippen LogP contribution in [0.15, 0.2) is 49.6 Å². The summed E-state index contributed by atoms with van der Waals surface area (Å²) in [6.45, 7) is 13.4. The van der Waals surface area contributed by atoms with Gasteiger partial charge in [-0.2, -0.15) is 0 Å². The van der Waals surface area contributed by atoms with Gasteiger partial charge in [0.25, 0.3) is 0 Å². The Balaban J connectivity index is 1.98. The molecule has 1 saturated heterocycles. The number of hydrogen-bond acceptors (Lipinski definition) is 7. The van der Waals surface area contributed by atoms with Gasteiger partial charge in [0.1, 0.15) is 23.4 Å². The van der Waals surface area contributed by atoms with Crippen molar-refractivity contribution in [2.45, 2.75) is 57.7 Å². The lowest BCUT2D eigenvalue weighted by molar-refractivity contribution is -0.152. The monoisotopic (exact) mass is 566 g/mol. The van der Waals surface area contributed by atoms with Crippen LogP contribution in [0.3, 0.4) is 0 Å². The molecule has 9 nitrogen and oxygen atoms in total. The van der Waals surface area contributed by atoms with Gasteiger partial charge in [-0.15, -0.1) is 6.58 Å². The number of likely N-dealkylation sites (tertiary alicyclic amines) is 1. The number of fused-ring (bicyclic) bond motifs is 1. The molecule has 0 aromatic heterocycles. The van der Waals surface area contributed by atoms with E-state index in [1.165, 1.54) is 12.0 Å². The van der Waals surface area contributed by atoms with Crippen LogP contribution in [-0.4, -0.2) is 69.4 Å². The number of esters is 1. The smallest absolute Gasteiger partial charge is 0.407 e. The van der Waals surface area contributed by atoms with Crippen LogP contribution >= 0.6 is 0 Å². The average Bonchev–Trinajstić information content (AvgIpc) is 3.37. The molecule has 9 heteroatoms. The van der Waals surface area contributed by atoms with Gasteiger partial charge in [-0.25, -0.2) is 9.59 Å². The Morgan fingerprint density at radius 1 is 1.12 bits per heavy atom. The first-order valence-electron chi connectivity index (χ1n) is 13.7. The quantitative estimate of drug-likeness (QED) is 0.226. The van der Waals surface area contributed by atoms with E-state index in [-0.39, 0.29) is 19.6 Å². The maximum absolute atomic E-state index is 14.1. The van der Waals surface area contributed by atoms with Crippen LogP contribution in [-0.2, 0) is 29.4 Å². The molecule has 3 atom stereocenters. The zero-order valence-corrected chi connectivity index (χ0v) is 25.0. The first-order chi connectivity index (χ1) is 19.4. The minimum absolute atomic E-state index is 0.0840. The summed E-state index contributed by atoms with van der Waals surface area (Å²) in [7, 11) is 4.47. The molecule has 1 N–H and O–H groups in total. The standard InChI is InChI=1S/C32H42N2O7/c1-9-11-12-15-41-30(37)33-27(31(3,4)5)28(35)34-20-32(40-8,19-25(34)29(36)39-7)24-14-13-22-18-26(38-6)21(10-2)16-23(22)17-24/h9-10,13-14,16-18,25,27H,1-2,11-12,15,19-20H2,3-8H3,(H,33,37)/t25-,27+,32-/m0/s1. The molecule has 3 rings (SSSR count). The number of nitrogens with one attached hydrogen (secondary N) is 1. The van der Waals surface area contributed by atoms with Crippen LogP contribution in [0.4, 0.5) is 4.79 Å². The first kappa shape index (κ1) is 31.7. The Bertz CT molecular complexity index is 1300. The number of carbonyl (C=O) groups is 3. The minimum atomic E-state index is -0.995. The van der Waals surface area contributed by atoms with E-state index < -0.39 is 41.1 Å². The third kappa shape index (κ3) is 6.90. The molecule has 0 saturated carbocycles. The van der Waals surface area contributed by atoms with E-state index in [2.05, 4.69) is 18.5 Å². The Labute approximate surface area is 242 Å². The lowest BCUT2D eigenvalue weighted by atomic mass is 9.85. The minimum Gasteiger partial charge on any atom is -0.496 e. The van der Waals surface area contributed by atoms with E-state index in [1.807, 2.05) is 51.1 Å². The van der Waals surface area contributed by atoms with Crippen LogP contribution < -0.4 is 10.1 Å². The molecule has 0 radical (unpaired) electrons. The summed E-state index contributed by atoms with van der Waals surface area (Å²) in [5.41, 5.74) is -0.0299. The summed E-state index contributed by atoms with van der Waals surface area (Å²) < 4.78 is 22.0. The molecular weight excluding hydrogens is 524 g/mol. The van der Waals surface area contributed by atoms with Crippen molar-refractivity contribution in [3.63, 3.8) is 0 Å². The van der Waals surface area contributed by atoms with Crippen LogP contribution in [0.2, 0.25) is 0 Å². The number of unbranched alkanes of at least 4 members (excludes halogenated alkanes) is 1. The summed E-state index contributed by atoms with van der Waals surface area (Å²) in [6, 6.07) is 7.92. The third-order valence-corrected chi connectivity index (χ3v) is 7.57. The zero-order chi connectivity index (χ0) is 30.4. The lowest BCUT2D eigenvalue weighted by Crippen LogP contribution is -2.57. The van der Waals surface area contributed by atoms with Crippen LogP contribution in [0, 0.1) is 5.41 Å². The van der Waals surface area contributed by atoms with Gasteiger partial charge in [-0.05, 0) is 52.8 Å². The second-order valence-corrected chi connectivity index (χ2v) is 11.3. The van der Waals surface area contributed by atoms with Gasteiger partial charge in [0.15, 0.2) is 0 Å². The molecule has 0 spiro atoms. The number of benzene rings is 2. The number of amides is 2. The van der Waals surface area contributed by atoms with Gasteiger partial charge in [0, 0.05) is 19.1 Å². The van der Waals surface area contributed by atoms with Crippen molar-refractivity contribution in [2.75, 3.05) is 34.5 Å². The largest absolute Gasteiger partial charge is 0.496 e. The fourth-order valence-corrected chi connectivity index (χ4v) is 5.21. The highest BCUT2D eigenvalue weighted by Crippen LogP contribution is 2.42. The second kappa shape index (κ2) is 13.2. The van der Waals surface area contributed by atoms with Crippen molar-refractivity contribution >= 4 is 34.8 Å². The summed E-state index contributed by atoms with van der Waals surface area (Å²) in [6.07, 6.45) is 4.29. The molecule has 2 aromatic rings. The van der Waals surface area contributed by atoms with Gasteiger partial charge < -0.3 is 29.2 Å². The molecule has 0 bridgehead atoms. The van der Waals surface area contributed by atoms with Crippen molar-refractivity contribution in [3.8, 4) is 5.75 Å². The van der Waals surface area contributed by atoms with Crippen molar-refractivity contribution in [1.82, 2.24) is 10.2 Å². The number of hydrogen-bond donors (Lipinski definition) is 1. The number of rotatable bonds is 11. The van der Waals surface area contributed by atoms with Crippen molar-refractivity contribution < 1.29 is 33.3 Å². The van der Waals surface area contributed by atoms with Gasteiger partial charge in [-0.1, -0.05) is 51.6 Å². The predicted molar refractivity (Wildman–Crippen MR) is 159 cm³/mol. The number of allylic oxidation sites excluding steroid dienone is 1. The Morgan fingerprint density at radius 3 is 2.44 bits per heavy atom. The second-order valence-electron chi connectivity index (χ2n) is 11.3. The van der Waals surface area contributed by atoms with Gasteiger partial charge >= 0.3 is 12.1 Å². The molecule has 1 aliphatic rings. The topological polar surface area (TPSA) is 103 Å². The zero-order valence-electron chi connectivity index (χ0n) is 25.0. The highest BCUT2D eigenvalue weighted by Gasteiger charge is 2.53. The maximum Gasteiger partial charge on any atom is 0.407 e. The van der Waals surface area contributed by atoms with Crippen LogP contribution in [0.1, 0.15) is 51.2 Å². The Kier molecular flexibility index (Phi) is 10.2. The van der Waals surface area contributed by atoms with E-state index in [9.17, 15) is 14.4 Å². The summed E-state index contributed by atoms with van der Waals surface area (Å²) in [4.78, 5) is 41.2. The molecule has 222 valence electrons. The molecular formula is C32H42N2O7. The molecule has 1 fully saturated rings. The Hall–Kier alpha value is -3.85. The van der Waals surface area contributed by atoms with E-state index >= 15 is 0 Å². The molecule has 1 aliphatic heterocycles. The van der Waals surface area contributed by atoms with Gasteiger partial charge in [0.2, 0.25) is 5.91 Å². The Morgan fingerprint density at radius 2 is 1.85 bits per heavy atom. The van der Waals surface area contributed by atoms with E-state index in [4.69, 9.17) is 18.9 Å². The molecule has 2 aromatic carbocycles. The lowest BCUT2D eigenvalue weighted by Gasteiger charge is -2.35. The maximum atomic E-state index is 14.1. The highest BCUT2D eigenvalue weighted by atomic mass is 16.5. The molecule has 0 aliphatic carbocycles. The average molecular weight is 567 g/mol. The summed E-state index contributed by atoms with van der Waals surface area (Å²) >= 11 is 0. The van der Waals surface area contributed by atoms with Crippen molar-refractivity contribution in [3.05, 3.63) is 60.7 Å². The number of alkyl carbamates (subject to hydrolysis) is 1. The summed E-state index contributed by atoms with van der Waals surface area (Å²) in [5, 5.41) is 4.62. The fourth-order valence-electron chi connectivity index (χ4n) is 5.21. The molecule has 41 heavy (non-hydrogen) atoms. The highest BCUT2D eigenvalue weighted by molar-refractivity contribution is 5.92. The third-order valence-electron chi connectivity index (χ3n) is 7.57. The predicted octanol–water partition coefficient (Wildman–Crippen LogP) is 5.21. The van der Waals surface area contributed by atoms with E-state index in [1.54, 1.807) is 26.4 Å². The number of carbonyl (C=O) groups excluding carboxylic acids is 3. The number of ether oxygens (including phenoxy) is 4. The summed E-state index contributed by atoms with van der Waals surface area (Å²) in [5.74, 6) is -0.268. The van der Waals surface area contributed by atoms with E-state index in [0.29, 0.717) is 18.6 Å². The van der Waals surface area contributed by atoms with Gasteiger partial charge in [-0.3, -0.25) is 4.79 Å². The van der Waals surface area contributed by atoms with Crippen LogP contribution in [0.25, 0.3) is 16.8 Å². The van der Waals surface area contributed by atoms with Crippen molar-refractivity contribution in [1.29, 1.82) is 0 Å². The van der Waals surface area contributed by atoms with E-state index in [0.717, 1.165) is 21.9 Å². The first-order valence-corrected chi connectivity index (χ1v) is 13.7. The van der Waals surface area contributed by atoms with Crippen LogP contribution in [0.5, 0.6) is 5.75 Å². The van der Waals surface area contributed by atoms with Gasteiger partial charge in [0.05, 0.1) is 27.4 Å². The molecule has 2 amide bonds. The molecule has 0 unspecified atom stereocenters. The molecule has 1 heterocycles. The van der Waals surface area contributed by atoms with Crippen molar-refractivity contribution in [2.24, 2.45) is 5.41 Å². The number of nitrogens with zero attached hydrogens (tertiary/aromatic N) is 1. The SMILES string of the molecule is C=CCCCOC(=O)N[C@H](C(=O)N1C[C@](OC)(c2ccc3cc(OC)c(C=C)cc3c2)C[C@H]1C(=O)OC)C(C)(C)C. The number of methoxy groups -OCH3 is 3.